The molecule has 1 rings (SSSR count). The van der Waals surface area contributed by atoms with Crippen LogP contribution in [0.25, 0.3) is 0 Å². The van der Waals surface area contributed by atoms with Gasteiger partial charge in [-0.2, -0.15) is 0 Å². The average molecular weight is 160 g/mol. The minimum atomic E-state index is -0.245. The highest BCUT2D eigenvalue weighted by Crippen LogP contribution is 2.01. The van der Waals surface area contributed by atoms with E-state index in [2.05, 4.69) is 9.47 Å². The highest BCUT2D eigenvalue weighted by atomic mass is 16.5. The van der Waals surface area contributed by atoms with Gasteiger partial charge in [-0.3, -0.25) is 9.59 Å². The molecule has 0 aliphatic carbocycles. The largest absolute Gasteiger partial charge is 0.469 e. The molecule has 0 atom stereocenters. The molecule has 0 aromatic carbocycles. The molecule has 1 saturated heterocycles. The van der Waals surface area contributed by atoms with Gasteiger partial charge in [0.2, 0.25) is 0 Å². The van der Waals surface area contributed by atoms with E-state index in [1.807, 2.05) is 0 Å². The Kier molecular flexibility index (Phi) is 5.15. The van der Waals surface area contributed by atoms with Crippen molar-refractivity contribution in [2.45, 2.75) is 19.8 Å². The zero-order valence-electron chi connectivity index (χ0n) is 6.75. The van der Waals surface area contributed by atoms with Crippen LogP contribution in [0, 0.1) is 0 Å². The fourth-order valence-electron chi connectivity index (χ4n) is 0.475. The summed E-state index contributed by atoms with van der Waals surface area (Å²) in [4.78, 5) is 19.6. The molecule has 1 fully saturated rings. The van der Waals surface area contributed by atoms with Crippen LogP contribution in [0.5, 0.6) is 0 Å². The summed E-state index contributed by atoms with van der Waals surface area (Å²) in [5.41, 5.74) is 0. The van der Waals surface area contributed by atoms with Gasteiger partial charge in [-0.1, -0.05) is 0 Å². The van der Waals surface area contributed by atoms with E-state index in [0.717, 1.165) is 6.42 Å². The van der Waals surface area contributed by atoms with Gasteiger partial charge >= 0.3 is 11.9 Å². The molecule has 4 nitrogen and oxygen atoms in total. The topological polar surface area (TPSA) is 52.6 Å². The third kappa shape index (κ3) is 6.83. The van der Waals surface area contributed by atoms with Gasteiger partial charge in [0.1, 0.15) is 0 Å². The Morgan fingerprint density at radius 2 is 2.18 bits per heavy atom. The zero-order valence-corrected chi connectivity index (χ0v) is 6.75. The smallest absolute Gasteiger partial charge is 0.305 e. The van der Waals surface area contributed by atoms with Crippen molar-refractivity contribution in [2.24, 2.45) is 0 Å². The van der Waals surface area contributed by atoms with Crippen LogP contribution in [0.15, 0.2) is 0 Å². The molecular formula is C7H12O4. The molecule has 1 heterocycles. The lowest BCUT2D eigenvalue weighted by Gasteiger charge is -1.81. The van der Waals surface area contributed by atoms with E-state index < -0.39 is 0 Å². The standard InChI is InChI=1S/C4H6O2.C3H6O2/c5-4-2-1-3-6-4;1-3(4)5-2/h1-3H2;1-2H3. The molecule has 0 unspecified atom stereocenters. The lowest BCUT2D eigenvalue weighted by molar-refractivity contribution is -0.138. The molecule has 0 radical (unpaired) electrons. The Bertz CT molecular complexity index is 133. The molecule has 11 heavy (non-hydrogen) atoms. The Morgan fingerprint density at radius 1 is 1.64 bits per heavy atom. The molecule has 0 aromatic heterocycles. The normalized spacial score (nSPS) is 14.5. The van der Waals surface area contributed by atoms with Crippen LogP contribution < -0.4 is 0 Å². The minimum Gasteiger partial charge on any atom is -0.469 e. The van der Waals surface area contributed by atoms with Crippen LogP contribution in [0.4, 0.5) is 0 Å². The quantitative estimate of drug-likeness (QED) is 0.484. The Balaban J connectivity index is 0.000000187. The average Bonchev–Trinajstić information content (AvgIpc) is 2.41. The van der Waals surface area contributed by atoms with E-state index in [1.165, 1.54) is 14.0 Å². The first-order valence-corrected chi connectivity index (χ1v) is 3.37. The van der Waals surface area contributed by atoms with Crippen molar-refractivity contribution in [3.05, 3.63) is 0 Å². The van der Waals surface area contributed by atoms with Crippen LogP contribution in [-0.2, 0) is 19.1 Å². The van der Waals surface area contributed by atoms with Gasteiger partial charge in [-0.25, -0.2) is 0 Å². The van der Waals surface area contributed by atoms with Gasteiger partial charge in [-0.15, -0.1) is 0 Å². The highest BCUT2D eigenvalue weighted by Gasteiger charge is 2.08. The zero-order chi connectivity index (χ0) is 8.69. The molecule has 0 aromatic rings. The molecule has 0 saturated carbocycles. The maximum Gasteiger partial charge on any atom is 0.305 e. The van der Waals surface area contributed by atoms with Gasteiger partial charge in [0, 0.05) is 13.3 Å². The number of rotatable bonds is 0. The first kappa shape index (κ1) is 9.94. The van der Waals surface area contributed by atoms with E-state index in [-0.39, 0.29) is 11.9 Å². The minimum absolute atomic E-state index is 0.0463. The first-order valence-electron chi connectivity index (χ1n) is 3.37. The fraction of sp³-hybridized carbons (Fsp3) is 0.714. The Hall–Kier alpha value is -1.06. The van der Waals surface area contributed by atoms with E-state index in [4.69, 9.17) is 0 Å². The van der Waals surface area contributed by atoms with Crippen LogP contribution in [0.3, 0.4) is 0 Å². The van der Waals surface area contributed by atoms with Crippen molar-refractivity contribution in [1.82, 2.24) is 0 Å². The van der Waals surface area contributed by atoms with Crippen molar-refractivity contribution in [1.29, 1.82) is 0 Å². The molecule has 1 aliphatic rings. The van der Waals surface area contributed by atoms with Crippen molar-refractivity contribution in [2.75, 3.05) is 13.7 Å². The fourth-order valence-corrected chi connectivity index (χ4v) is 0.475. The first-order chi connectivity index (χ1) is 5.16. The summed E-state index contributed by atoms with van der Waals surface area (Å²) in [7, 11) is 1.35. The molecule has 0 spiro atoms. The maximum absolute atomic E-state index is 10.0. The third-order valence-corrected chi connectivity index (χ3v) is 1.08. The summed E-state index contributed by atoms with van der Waals surface area (Å²) >= 11 is 0. The number of cyclic esters (lactones) is 1. The van der Waals surface area contributed by atoms with Gasteiger partial charge < -0.3 is 9.47 Å². The summed E-state index contributed by atoms with van der Waals surface area (Å²) in [5.74, 6) is -0.292. The summed E-state index contributed by atoms with van der Waals surface area (Å²) in [6.07, 6.45) is 1.54. The number of hydrogen-bond acceptors (Lipinski definition) is 4. The second kappa shape index (κ2) is 5.70. The molecule has 0 amide bonds. The monoisotopic (exact) mass is 160 g/mol. The molecule has 0 bridgehead atoms. The molecule has 1 aliphatic heterocycles. The van der Waals surface area contributed by atoms with Gasteiger partial charge in [-0.05, 0) is 6.42 Å². The number of methoxy groups -OCH3 is 1. The van der Waals surface area contributed by atoms with Crippen LogP contribution in [-0.4, -0.2) is 25.7 Å². The summed E-state index contributed by atoms with van der Waals surface area (Å²) < 4.78 is 8.62. The number of hydrogen-bond donors (Lipinski definition) is 0. The van der Waals surface area contributed by atoms with E-state index >= 15 is 0 Å². The summed E-state index contributed by atoms with van der Waals surface area (Å²) in [6, 6.07) is 0. The van der Waals surface area contributed by atoms with Crippen molar-refractivity contribution in [3.63, 3.8) is 0 Å². The predicted octanol–water partition coefficient (Wildman–Crippen LogP) is 0.503. The maximum atomic E-state index is 10.0. The van der Waals surface area contributed by atoms with E-state index in [1.54, 1.807) is 0 Å². The number of carbonyl (C=O) groups excluding carboxylic acids is 2. The van der Waals surface area contributed by atoms with Gasteiger partial charge in [0.25, 0.3) is 0 Å². The van der Waals surface area contributed by atoms with Crippen molar-refractivity contribution in [3.8, 4) is 0 Å². The van der Waals surface area contributed by atoms with Gasteiger partial charge in [0.05, 0.1) is 13.7 Å². The second-order valence-corrected chi connectivity index (χ2v) is 2.02. The van der Waals surface area contributed by atoms with Crippen molar-refractivity contribution < 1.29 is 19.1 Å². The van der Waals surface area contributed by atoms with Crippen LogP contribution in [0.1, 0.15) is 19.8 Å². The molecular weight excluding hydrogens is 148 g/mol. The number of esters is 2. The molecule has 64 valence electrons. The summed E-state index contributed by atoms with van der Waals surface area (Å²) in [6.45, 7) is 2.00. The number of ether oxygens (including phenoxy) is 2. The summed E-state index contributed by atoms with van der Waals surface area (Å²) in [5, 5.41) is 0. The second-order valence-electron chi connectivity index (χ2n) is 2.02. The highest BCUT2D eigenvalue weighted by molar-refractivity contribution is 5.70. The predicted molar refractivity (Wildman–Crippen MR) is 37.9 cm³/mol. The number of carbonyl (C=O) groups is 2. The van der Waals surface area contributed by atoms with Crippen LogP contribution in [0.2, 0.25) is 0 Å². The van der Waals surface area contributed by atoms with E-state index in [0.29, 0.717) is 13.0 Å². The SMILES string of the molecule is COC(C)=O.O=C1CCCO1. The molecule has 0 N–H and O–H groups in total. The lowest BCUT2D eigenvalue weighted by Crippen LogP contribution is -1.88. The van der Waals surface area contributed by atoms with E-state index in [9.17, 15) is 9.59 Å². The molecule has 4 heteroatoms. The van der Waals surface area contributed by atoms with Crippen molar-refractivity contribution >= 4 is 11.9 Å². The van der Waals surface area contributed by atoms with Gasteiger partial charge in [0.15, 0.2) is 0 Å². The third-order valence-electron chi connectivity index (χ3n) is 1.08. The Labute approximate surface area is 65.5 Å². The lowest BCUT2D eigenvalue weighted by atomic mass is 10.4. The Morgan fingerprint density at radius 3 is 2.27 bits per heavy atom. The van der Waals surface area contributed by atoms with Crippen LogP contribution >= 0.6 is 0 Å².